The van der Waals surface area contributed by atoms with E-state index in [2.05, 4.69) is 15.3 Å². The predicted molar refractivity (Wildman–Crippen MR) is 99.5 cm³/mol. The van der Waals surface area contributed by atoms with Crippen molar-refractivity contribution in [3.8, 4) is 0 Å². The molecule has 1 heterocycles. The van der Waals surface area contributed by atoms with Gasteiger partial charge in [-0.2, -0.15) is 0 Å². The van der Waals surface area contributed by atoms with E-state index in [4.69, 9.17) is 0 Å². The Labute approximate surface area is 145 Å². The van der Waals surface area contributed by atoms with Gasteiger partial charge >= 0.3 is 5.69 Å². The van der Waals surface area contributed by atoms with Crippen LogP contribution in [0.15, 0.2) is 48.8 Å². The van der Waals surface area contributed by atoms with Gasteiger partial charge in [0.2, 0.25) is 11.6 Å². The van der Waals surface area contributed by atoms with Crippen molar-refractivity contribution in [3.63, 3.8) is 0 Å². The first-order valence-electron chi connectivity index (χ1n) is 8.15. The second kappa shape index (κ2) is 7.12. The highest BCUT2D eigenvalue weighted by atomic mass is 16.6. The molecule has 0 atom stereocenters. The van der Waals surface area contributed by atoms with Gasteiger partial charge in [0, 0.05) is 18.5 Å². The Morgan fingerprint density at radius 3 is 2.60 bits per heavy atom. The van der Waals surface area contributed by atoms with E-state index in [1.165, 1.54) is 6.33 Å². The zero-order chi connectivity index (χ0) is 17.8. The summed E-state index contributed by atoms with van der Waals surface area (Å²) in [4.78, 5) is 21.4. The van der Waals surface area contributed by atoms with Gasteiger partial charge in [0.1, 0.15) is 6.33 Å². The van der Waals surface area contributed by atoms with E-state index in [0.29, 0.717) is 13.1 Å². The number of anilines is 3. The lowest BCUT2D eigenvalue weighted by Gasteiger charge is -2.23. The molecular formula is C18H19N5O2. The van der Waals surface area contributed by atoms with E-state index in [-0.39, 0.29) is 17.3 Å². The first-order chi connectivity index (χ1) is 12.2. The summed E-state index contributed by atoms with van der Waals surface area (Å²) >= 11 is 0. The molecule has 0 amide bonds. The minimum Gasteiger partial charge on any atom is -0.364 e. The van der Waals surface area contributed by atoms with Crippen molar-refractivity contribution >= 4 is 33.8 Å². The summed E-state index contributed by atoms with van der Waals surface area (Å²) < 4.78 is 0. The first kappa shape index (κ1) is 16.6. The van der Waals surface area contributed by atoms with Gasteiger partial charge in [-0.05, 0) is 25.3 Å². The lowest BCUT2D eigenvalue weighted by Crippen LogP contribution is -2.20. The summed E-state index contributed by atoms with van der Waals surface area (Å²) in [6.45, 7) is 4.89. The summed E-state index contributed by atoms with van der Waals surface area (Å²) in [5.41, 5.74) is 0.768. The number of nitrogens with one attached hydrogen (secondary N) is 1. The van der Waals surface area contributed by atoms with Crippen LogP contribution < -0.4 is 10.2 Å². The topological polar surface area (TPSA) is 84.2 Å². The largest absolute Gasteiger partial charge is 0.364 e. The average molecular weight is 337 g/mol. The van der Waals surface area contributed by atoms with Crippen LogP contribution in [0.1, 0.15) is 13.8 Å². The molecule has 1 aromatic heterocycles. The van der Waals surface area contributed by atoms with Crippen LogP contribution in [0.25, 0.3) is 10.8 Å². The molecule has 0 aliphatic heterocycles. The molecule has 25 heavy (non-hydrogen) atoms. The van der Waals surface area contributed by atoms with Gasteiger partial charge in [0.05, 0.1) is 10.6 Å². The summed E-state index contributed by atoms with van der Waals surface area (Å²) in [5, 5.41) is 16.7. The normalized spacial score (nSPS) is 10.6. The summed E-state index contributed by atoms with van der Waals surface area (Å²) in [7, 11) is 0. The fourth-order valence-corrected chi connectivity index (χ4v) is 2.91. The number of benzene rings is 2. The van der Waals surface area contributed by atoms with Gasteiger partial charge in [0.15, 0.2) is 0 Å². The third-order valence-electron chi connectivity index (χ3n) is 3.96. The molecule has 0 aliphatic carbocycles. The molecule has 3 rings (SSSR count). The Kier molecular flexibility index (Phi) is 4.74. The quantitative estimate of drug-likeness (QED) is 0.538. The maximum atomic E-state index is 11.7. The Bertz CT molecular complexity index is 908. The Morgan fingerprint density at radius 2 is 1.88 bits per heavy atom. The lowest BCUT2D eigenvalue weighted by molar-refractivity contribution is -0.383. The molecule has 7 nitrogen and oxygen atoms in total. The number of aromatic nitrogens is 2. The SMILES string of the molecule is CCNc1ncnc(N(CC)c2cccc3ccccc23)c1[N+](=O)[O-]. The van der Waals surface area contributed by atoms with Crippen LogP contribution in [0.5, 0.6) is 0 Å². The van der Waals surface area contributed by atoms with Crippen molar-refractivity contribution in [3.05, 3.63) is 58.9 Å². The molecule has 0 saturated carbocycles. The number of rotatable bonds is 6. The van der Waals surface area contributed by atoms with Crippen molar-refractivity contribution in [1.82, 2.24) is 9.97 Å². The first-order valence-corrected chi connectivity index (χ1v) is 8.15. The highest BCUT2D eigenvalue weighted by Crippen LogP contribution is 2.38. The molecule has 7 heteroatoms. The number of hydrogen-bond donors (Lipinski definition) is 1. The summed E-state index contributed by atoms with van der Waals surface area (Å²) in [6.07, 6.45) is 1.36. The lowest BCUT2D eigenvalue weighted by atomic mass is 10.1. The number of nitro groups is 1. The van der Waals surface area contributed by atoms with Crippen molar-refractivity contribution in [2.75, 3.05) is 23.3 Å². The maximum absolute atomic E-state index is 11.7. The van der Waals surface area contributed by atoms with Gasteiger partial charge in [-0.25, -0.2) is 9.97 Å². The van der Waals surface area contributed by atoms with Crippen LogP contribution in [-0.2, 0) is 0 Å². The highest BCUT2D eigenvalue weighted by molar-refractivity contribution is 5.96. The summed E-state index contributed by atoms with van der Waals surface area (Å²) in [6, 6.07) is 13.9. The fraction of sp³-hybridized carbons (Fsp3) is 0.222. The molecule has 1 N–H and O–H groups in total. The van der Waals surface area contributed by atoms with E-state index in [1.807, 2.05) is 61.2 Å². The monoisotopic (exact) mass is 337 g/mol. The molecule has 0 saturated heterocycles. The molecule has 0 bridgehead atoms. The van der Waals surface area contributed by atoms with E-state index in [9.17, 15) is 10.1 Å². The molecule has 0 unspecified atom stereocenters. The Hall–Kier alpha value is -3.22. The molecule has 128 valence electrons. The molecule has 3 aromatic rings. The smallest absolute Gasteiger partial charge is 0.353 e. The highest BCUT2D eigenvalue weighted by Gasteiger charge is 2.27. The van der Waals surface area contributed by atoms with E-state index in [1.54, 1.807) is 0 Å². The van der Waals surface area contributed by atoms with Crippen molar-refractivity contribution in [2.45, 2.75) is 13.8 Å². The van der Waals surface area contributed by atoms with Gasteiger partial charge in [0.25, 0.3) is 0 Å². The predicted octanol–water partition coefficient (Wildman–Crippen LogP) is 4.13. The van der Waals surface area contributed by atoms with Crippen LogP contribution >= 0.6 is 0 Å². The maximum Gasteiger partial charge on any atom is 0.353 e. The van der Waals surface area contributed by atoms with E-state index >= 15 is 0 Å². The fourth-order valence-electron chi connectivity index (χ4n) is 2.91. The zero-order valence-corrected chi connectivity index (χ0v) is 14.1. The molecule has 0 fully saturated rings. The van der Waals surface area contributed by atoms with Crippen molar-refractivity contribution < 1.29 is 4.92 Å². The standard InChI is InChI=1S/C18H19N5O2/c1-3-19-17-16(23(24)25)18(21-12-20-17)22(4-2)15-11-7-9-13-8-5-6-10-14(13)15/h5-12H,3-4H2,1-2H3,(H,19,20,21). The van der Waals surface area contributed by atoms with E-state index < -0.39 is 4.92 Å². The Morgan fingerprint density at radius 1 is 1.12 bits per heavy atom. The zero-order valence-electron chi connectivity index (χ0n) is 14.1. The van der Waals surface area contributed by atoms with Crippen molar-refractivity contribution in [2.24, 2.45) is 0 Å². The molecule has 0 spiro atoms. The van der Waals surface area contributed by atoms with Gasteiger partial charge < -0.3 is 10.2 Å². The third kappa shape index (κ3) is 3.08. The van der Waals surface area contributed by atoms with Crippen LogP contribution in [0.3, 0.4) is 0 Å². The second-order valence-electron chi connectivity index (χ2n) is 5.42. The Balaban J connectivity index is 2.22. The van der Waals surface area contributed by atoms with Crippen molar-refractivity contribution in [1.29, 1.82) is 0 Å². The van der Waals surface area contributed by atoms with Gasteiger partial charge in [-0.15, -0.1) is 0 Å². The van der Waals surface area contributed by atoms with E-state index in [0.717, 1.165) is 16.5 Å². The van der Waals surface area contributed by atoms with Crippen LogP contribution in [0.4, 0.5) is 23.0 Å². The van der Waals surface area contributed by atoms with Gasteiger partial charge in [-0.1, -0.05) is 36.4 Å². The molecule has 0 radical (unpaired) electrons. The summed E-state index contributed by atoms with van der Waals surface area (Å²) in [5.74, 6) is 0.519. The van der Waals surface area contributed by atoms with Crippen LogP contribution in [0.2, 0.25) is 0 Å². The number of fused-ring (bicyclic) bond motifs is 1. The van der Waals surface area contributed by atoms with Crippen LogP contribution in [-0.4, -0.2) is 28.0 Å². The minimum atomic E-state index is -0.429. The second-order valence-corrected chi connectivity index (χ2v) is 5.42. The minimum absolute atomic E-state index is 0.112. The molecule has 2 aromatic carbocycles. The number of nitrogens with zero attached hydrogens (tertiary/aromatic N) is 4. The number of hydrogen-bond acceptors (Lipinski definition) is 6. The third-order valence-corrected chi connectivity index (χ3v) is 3.96. The average Bonchev–Trinajstić information content (AvgIpc) is 2.63. The van der Waals surface area contributed by atoms with Gasteiger partial charge in [-0.3, -0.25) is 10.1 Å². The van der Waals surface area contributed by atoms with Crippen LogP contribution in [0, 0.1) is 10.1 Å². The molecular weight excluding hydrogens is 318 g/mol. The molecule has 0 aliphatic rings.